The topological polar surface area (TPSA) is 64.9 Å². The van der Waals surface area contributed by atoms with Gasteiger partial charge in [-0.2, -0.15) is 5.10 Å². The van der Waals surface area contributed by atoms with Crippen molar-refractivity contribution in [3.8, 4) is 0 Å². The van der Waals surface area contributed by atoms with Gasteiger partial charge < -0.3 is 10.1 Å². The Morgan fingerprint density at radius 3 is 2.89 bits per heavy atom. The van der Waals surface area contributed by atoms with E-state index in [9.17, 15) is 0 Å². The maximum absolute atomic E-state index is 6.23. The third-order valence-electron chi connectivity index (χ3n) is 2.78. The fourth-order valence-corrected chi connectivity index (χ4v) is 2.15. The Labute approximate surface area is 116 Å². The number of halogens is 1. The number of nitrogens with zero attached hydrogens (tertiary/aromatic N) is 4. The van der Waals surface area contributed by atoms with Crippen LogP contribution in [0.5, 0.6) is 0 Å². The summed E-state index contributed by atoms with van der Waals surface area (Å²) >= 11 is 6.23. The van der Waals surface area contributed by atoms with Crippen LogP contribution in [0, 0.1) is 0 Å². The van der Waals surface area contributed by atoms with Gasteiger partial charge in [-0.25, -0.2) is 0 Å². The van der Waals surface area contributed by atoms with Crippen molar-refractivity contribution < 1.29 is 4.74 Å². The Bertz CT molecular complexity index is 516. The van der Waals surface area contributed by atoms with E-state index < -0.39 is 0 Å². The molecule has 2 aromatic heterocycles. The van der Waals surface area contributed by atoms with Crippen molar-refractivity contribution in [3.05, 3.63) is 41.2 Å². The highest BCUT2D eigenvalue weighted by atomic mass is 35.5. The molecule has 6 nitrogen and oxygen atoms in total. The van der Waals surface area contributed by atoms with Gasteiger partial charge in [0, 0.05) is 19.5 Å². The normalized spacial score (nSPS) is 12.6. The lowest BCUT2D eigenvalue weighted by Gasteiger charge is -2.17. The van der Waals surface area contributed by atoms with Crippen LogP contribution >= 0.6 is 11.6 Å². The van der Waals surface area contributed by atoms with Crippen molar-refractivity contribution in [1.82, 2.24) is 25.1 Å². The van der Waals surface area contributed by atoms with Crippen LogP contribution in [0.3, 0.4) is 0 Å². The van der Waals surface area contributed by atoms with E-state index in [4.69, 9.17) is 16.3 Å². The summed E-state index contributed by atoms with van der Waals surface area (Å²) in [5.41, 5.74) is 1.66. The second kappa shape index (κ2) is 6.60. The highest BCUT2D eigenvalue weighted by Crippen LogP contribution is 2.26. The van der Waals surface area contributed by atoms with E-state index in [1.165, 1.54) is 0 Å². The SMILES string of the molecule is CNC(c1cnccn1)c1c(Cl)cnn1CCOC. The third-order valence-corrected chi connectivity index (χ3v) is 3.07. The highest BCUT2D eigenvalue weighted by Gasteiger charge is 2.21. The number of ether oxygens (including phenoxy) is 1. The minimum Gasteiger partial charge on any atom is -0.383 e. The van der Waals surface area contributed by atoms with Gasteiger partial charge in [0.1, 0.15) is 0 Å². The van der Waals surface area contributed by atoms with E-state index in [0.717, 1.165) is 11.4 Å². The van der Waals surface area contributed by atoms with Gasteiger partial charge in [0.15, 0.2) is 0 Å². The van der Waals surface area contributed by atoms with E-state index in [2.05, 4.69) is 20.4 Å². The van der Waals surface area contributed by atoms with Crippen LogP contribution in [0.1, 0.15) is 17.4 Å². The quantitative estimate of drug-likeness (QED) is 0.864. The summed E-state index contributed by atoms with van der Waals surface area (Å²) in [6.45, 7) is 1.21. The first-order chi connectivity index (χ1) is 9.27. The minimum atomic E-state index is -0.152. The molecule has 2 heterocycles. The molecule has 102 valence electrons. The van der Waals surface area contributed by atoms with Crippen LogP contribution in [0.4, 0.5) is 0 Å². The molecule has 0 saturated heterocycles. The first kappa shape index (κ1) is 13.9. The van der Waals surface area contributed by atoms with E-state index >= 15 is 0 Å². The molecule has 0 aromatic carbocycles. The Morgan fingerprint density at radius 2 is 2.26 bits per heavy atom. The smallest absolute Gasteiger partial charge is 0.0950 e. The van der Waals surface area contributed by atoms with Crippen molar-refractivity contribution >= 4 is 11.6 Å². The molecular weight excluding hydrogens is 266 g/mol. The maximum atomic E-state index is 6.23. The zero-order chi connectivity index (χ0) is 13.7. The molecule has 0 fully saturated rings. The van der Waals surface area contributed by atoms with Gasteiger partial charge in [-0.1, -0.05) is 11.6 Å². The number of methoxy groups -OCH3 is 1. The van der Waals surface area contributed by atoms with E-state index in [0.29, 0.717) is 18.2 Å². The van der Waals surface area contributed by atoms with Crippen LogP contribution in [0.15, 0.2) is 24.8 Å². The average molecular weight is 282 g/mol. The number of hydrogen-bond acceptors (Lipinski definition) is 5. The Morgan fingerprint density at radius 1 is 1.42 bits per heavy atom. The lowest BCUT2D eigenvalue weighted by molar-refractivity contribution is 0.182. The predicted molar refractivity (Wildman–Crippen MR) is 72.0 cm³/mol. The van der Waals surface area contributed by atoms with E-state index in [-0.39, 0.29) is 6.04 Å². The second-order valence-corrected chi connectivity index (χ2v) is 4.35. The summed E-state index contributed by atoms with van der Waals surface area (Å²) in [4.78, 5) is 8.40. The van der Waals surface area contributed by atoms with Gasteiger partial charge in [-0.05, 0) is 7.05 Å². The number of nitrogens with one attached hydrogen (secondary N) is 1. The molecule has 0 radical (unpaired) electrons. The number of hydrogen-bond donors (Lipinski definition) is 1. The van der Waals surface area contributed by atoms with Crippen LogP contribution < -0.4 is 5.32 Å². The average Bonchev–Trinajstić information content (AvgIpc) is 2.80. The van der Waals surface area contributed by atoms with E-state index in [1.807, 2.05) is 11.7 Å². The van der Waals surface area contributed by atoms with Gasteiger partial charge in [0.05, 0.1) is 48.0 Å². The van der Waals surface area contributed by atoms with Crippen LogP contribution in [-0.2, 0) is 11.3 Å². The minimum absolute atomic E-state index is 0.152. The summed E-state index contributed by atoms with van der Waals surface area (Å²) in [6.07, 6.45) is 6.64. The molecule has 2 rings (SSSR count). The molecule has 0 aliphatic rings. The van der Waals surface area contributed by atoms with Crippen molar-refractivity contribution in [3.63, 3.8) is 0 Å². The van der Waals surface area contributed by atoms with Gasteiger partial charge in [0.2, 0.25) is 0 Å². The lowest BCUT2D eigenvalue weighted by Crippen LogP contribution is -2.24. The Balaban J connectivity index is 2.35. The fraction of sp³-hybridized carbons (Fsp3) is 0.417. The molecule has 2 aromatic rings. The van der Waals surface area contributed by atoms with Crippen molar-refractivity contribution in [2.75, 3.05) is 20.8 Å². The molecule has 19 heavy (non-hydrogen) atoms. The maximum Gasteiger partial charge on any atom is 0.0950 e. The molecule has 0 aliphatic heterocycles. The summed E-state index contributed by atoms with van der Waals surface area (Å²) in [7, 11) is 3.51. The summed E-state index contributed by atoms with van der Waals surface area (Å²) < 4.78 is 6.90. The largest absolute Gasteiger partial charge is 0.383 e. The summed E-state index contributed by atoms with van der Waals surface area (Å²) in [5.74, 6) is 0. The molecule has 0 amide bonds. The molecule has 0 spiro atoms. The second-order valence-electron chi connectivity index (χ2n) is 3.95. The molecule has 0 aliphatic carbocycles. The van der Waals surface area contributed by atoms with Gasteiger partial charge in [-0.3, -0.25) is 14.6 Å². The van der Waals surface area contributed by atoms with Crippen molar-refractivity contribution in [1.29, 1.82) is 0 Å². The highest BCUT2D eigenvalue weighted by molar-refractivity contribution is 6.31. The van der Waals surface area contributed by atoms with Crippen molar-refractivity contribution in [2.45, 2.75) is 12.6 Å². The van der Waals surface area contributed by atoms with Gasteiger partial charge >= 0.3 is 0 Å². The predicted octanol–water partition coefficient (Wildman–Crippen LogP) is 1.28. The number of aromatic nitrogens is 4. The van der Waals surface area contributed by atoms with Crippen LogP contribution in [0.2, 0.25) is 5.02 Å². The van der Waals surface area contributed by atoms with Gasteiger partial charge in [0.25, 0.3) is 0 Å². The molecule has 1 unspecified atom stereocenters. The molecular formula is C12H16ClN5O. The Kier molecular flexibility index (Phi) is 4.84. The monoisotopic (exact) mass is 281 g/mol. The molecule has 7 heteroatoms. The molecule has 0 saturated carbocycles. The first-order valence-corrected chi connectivity index (χ1v) is 6.29. The fourth-order valence-electron chi connectivity index (χ4n) is 1.90. The lowest BCUT2D eigenvalue weighted by atomic mass is 10.1. The third kappa shape index (κ3) is 3.09. The standard InChI is InChI=1S/C12H16ClN5O/c1-14-11(10-8-15-3-4-16-10)12-9(13)7-17-18(12)5-6-19-2/h3-4,7-8,11,14H,5-6H2,1-2H3. The molecule has 1 atom stereocenters. The van der Waals surface area contributed by atoms with Gasteiger partial charge in [-0.15, -0.1) is 0 Å². The van der Waals surface area contributed by atoms with Crippen molar-refractivity contribution in [2.24, 2.45) is 0 Å². The van der Waals surface area contributed by atoms with E-state index in [1.54, 1.807) is 31.9 Å². The zero-order valence-corrected chi connectivity index (χ0v) is 11.6. The molecule has 0 bridgehead atoms. The zero-order valence-electron chi connectivity index (χ0n) is 10.9. The first-order valence-electron chi connectivity index (χ1n) is 5.91. The van der Waals surface area contributed by atoms with Crippen LogP contribution in [-0.4, -0.2) is 40.5 Å². The summed E-state index contributed by atoms with van der Waals surface area (Å²) in [6, 6.07) is -0.152. The van der Waals surface area contributed by atoms with Crippen LogP contribution in [0.25, 0.3) is 0 Å². The number of rotatable bonds is 6. The molecule has 1 N–H and O–H groups in total. The Hall–Kier alpha value is -1.50. The summed E-state index contributed by atoms with van der Waals surface area (Å²) in [5, 5.41) is 8.05.